The van der Waals surface area contributed by atoms with Crippen LogP contribution in [0.4, 0.5) is 11.4 Å². The van der Waals surface area contributed by atoms with Crippen molar-refractivity contribution in [2.45, 2.75) is 26.7 Å². The first-order chi connectivity index (χ1) is 9.25. The molecule has 0 saturated heterocycles. The number of carboxylic acids is 1. The molecular formula is C12H15N2O5S+. The lowest BCUT2D eigenvalue weighted by atomic mass is 10.1. The molecule has 1 aliphatic rings. The molecule has 0 aliphatic carbocycles. The molecule has 108 valence electrons. The van der Waals surface area contributed by atoms with Crippen LogP contribution in [-0.4, -0.2) is 29.9 Å². The second-order valence-corrected chi connectivity index (χ2v) is 5.96. The summed E-state index contributed by atoms with van der Waals surface area (Å²) in [5.74, 6) is -0.834. The van der Waals surface area contributed by atoms with Gasteiger partial charge in [-0.2, -0.15) is 4.99 Å². The third-order valence-electron chi connectivity index (χ3n) is 3.05. The SMILES string of the molecule is CCCC1=Nc2cc(C(=O)O)cc(C)c2[NH+]1S(=O)(=O)O. The maximum absolute atomic E-state index is 11.6. The molecule has 1 aromatic carbocycles. The number of aromatic carboxylic acids is 1. The maximum Gasteiger partial charge on any atom is 0.442 e. The van der Waals surface area contributed by atoms with Gasteiger partial charge in [-0.15, -0.1) is 12.7 Å². The van der Waals surface area contributed by atoms with Gasteiger partial charge in [0.1, 0.15) is 5.69 Å². The van der Waals surface area contributed by atoms with E-state index in [-0.39, 0.29) is 21.4 Å². The van der Waals surface area contributed by atoms with Crippen LogP contribution in [0.25, 0.3) is 0 Å². The van der Waals surface area contributed by atoms with Gasteiger partial charge < -0.3 is 5.11 Å². The van der Waals surface area contributed by atoms with Crippen LogP contribution in [0.3, 0.4) is 0 Å². The Morgan fingerprint density at radius 1 is 1.40 bits per heavy atom. The Morgan fingerprint density at radius 3 is 2.55 bits per heavy atom. The monoisotopic (exact) mass is 299 g/mol. The van der Waals surface area contributed by atoms with Gasteiger partial charge in [-0.1, -0.05) is 6.92 Å². The molecule has 0 amide bonds. The summed E-state index contributed by atoms with van der Waals surface area (Å²) in [6.45, 7) is 3.46. The first-order valence-electron chi connectivity index (χ1n) is 6.06. The Kier molecular flexibility index (Phi) is 3.63. The first kappa shape index (κ1) is 14.6. The molecular weight excluding hydrogens is 284 g/mol. The van der Waals surface area contributed by atoms with Gasteiger partial charge in [-0.05, 0) is 25.5 Å². The molecule has 3 N–H and O–H groups in total. The largest absolute Gasteiger partial charge is 0.478 e. The van der Waals surface area contributed by atoms with E-state index < -0.39 is 16.3 Å². The van der Waals surface area contributed by atoms with Gasteiger partial charge in [0, 0.05) is 12.0 Å². The van der Waals surface area contributed by atoms with E-state index in [2.05, 4.69) is 4.99 Å². The van der Waals surface area contributed by atoms with Crippen LogP contribution in [-0.2, 0) is 10.3 Å². The highest BCUT2D eigenvalue weighted by atomic mass is 32.2. The zero-order chi connectivity index (χ0) is 15.1. The molecule has 1 aromatic rings. The number of carboxylic acid groups (broad SMARTS) is 1. The summed E-state index contributed by atoms with van der Waals surface area (Å²) in [7, 11) is -4.40. The number of carbonyl (C=O) groups is 1. The number of aryl methyl sites for hydroxylation is 1. The van der Waals surface area contributed by atoms with E-state index in [1.165, 1.54) is 12.1 Å². The third-order valence-corrected chi connectivity index (χ3v) is 4.01. The van der Waals surface area contributed by atoms with E-state index in [4.69, 9.17) is 5.11 Å². The van der Waals surface area contributed by atoms with Gasteiger partial charge >= 0.3 is 16.3 Å². The molecule has 1 atom stereocenters. The fourth-order valence-corrected chi connectivity index (χ4v) is 3.27. The Labute approximate surface area is 116 Å². The highest BCUT2D eigenvalue weighted by Crippen LogP contribution is 2.31. The number of hydrogen-bond acceptors (Lipinski definition) is 4. The quantitative estimate of drug-likeness (QED) is 0.714. The summed E-state index contributed by atoms with van der Waals surface area (Å²) in [6, 6.07) is 2.69. The van der Waals surface area contributed by atoms with Crippen LogP contribution in [0.1, 0.15) is 35.7 Å². The molecule has 1 aliphatic heterocycles. The van der Waals surface area contributed by atoms with Crippen molar-refractivity contribution < 1.29 is 27.2 Å². The topological polar surface area (TPSA) is 108 Å². The average molecular weight is 299 g/mol. The second-order valence-electron chi connectivity index (χ2n) is 4.61. The van der Waals surface area contributed by atoms with Crippen LogP contribution < -0.4 is 4.31 Å². The van der Waals surface area contributed by atoms with Crippen molar-refractivity contribution in [3.05, 3.63) is 23.3 Å². The highest BCUT2D eigenvalue weighted by molar-refractivity contribution is 7.79. The van der Waals surface area contributed by atoms with E-state index in [1.54, 1.807) is 6.92 Å². The molecule has 20 heavy (non-hydrogen) atoms. The predicted octanol–water partition coefficient (Wildman–Crippen LogP) is 0.856. The van der Waals surface area contributed by atoms with Gasteiger partial charge in [0.2, 0.25) is 5.84 Å². The molecule has 0 spiro atoms. The molecule has 7 nitrogen and oxygen atoms in total. The van der Waals surface area contributed by atoms with Crippen LogP contribution in [0.15, 0.2) is 17.1 Å². The number of rotatable bonds is 4. The van der Waals surface area contributed by atoms with Crippen molar-refractivity contribution >= 4 is 33.5 Å². The summed E-state index contributed by atoms with van der Waals surface area (Å²) < 4.78 is 32.3. The number of nitrogens with zero attached hydrogens (tertiary/aromatic N) is 1. The summed E-state index contributed by atoms with van der Waals surface area (Å²) in [5.41, 5.74) is 1.07. The van der Waals surface area contributed by atoms with E-state index >= 15 is 0 Å². The lowest BCUT2D eigenvalue weighted by Crippen LogP contribution is -3.11. The fourth-order valence-electron chi connectivity index (χ4n) is 2.30. The minimum atomic E-state index is -4.40. The van der Waals surface area contributed by atoms with Gasteiger partial charge in [0.15, 0.2) is 5.69 Å². The van der Waals surface area contributed by atoms with Crippen LogP contribution in [0.2, 0.25) is 0 Å². The summed E-state index contributed by atoms with van der Waals surface area (Å²) in [5, 5.41) is 9.01. The molecule has 2 rings (SSSR count). The average Bonchev–Trinajstić information content (AvgIpc) is 2.67. The lowest BCUT2D eigenvalue weighted by Gasteiger charge is -2.12. The smallest absolute Gasteiger partial charge is 0.442 e. The van der Waals surface area contributed by atoms with Crippen molar-refractivity contribution in [2.75, 3.05) is 0 Å². The Morgan fingerprint density at radius 2 is 2.05 bits per heavy atom. The minimum absolute atomic E-state index is 0.0393. The zero-order valence-corrected chi connectivity index (χ0v) is 11.9. The number of fused-ring (bicyclic) bond motifs is 1. The number of hydrogen-bond donors (Lipinski definition) is 3. The first-order valence-corrected chi connectivity index (χ1v) is 7.50. The molecule has 8 heteroatoms. The number of quaternary nitrogens is 1. The number of nitrogens with one attached hydrogen (secondary N) is 1. The summed E-state index contributed by atoms with van der Waals surface area (Å²) in [4.78, 5) is 15.2. The van der Waals surface area contributed by atoms with E-state index in [0.29, 0.717) is 24.1 Å². The molecule has 0 bridgehead atoms. The molecule has 0 aromatic heterocycles. The minimum Gasteiger partial charge on any atom is -0.478 e. The Balaban J connectivity index is 2.66. The van der Waals surface area contributed by atoms with Gasteiger partial charge in [0.25, 0.3) is 0 Å². The van der Waals surface area contributed by atoms with Crippen molar-refractivity contribution in [1.29, 1.82) is 0 Å². The van der Waals surface area contributed by atoms with Gasteiger partial charge in [0.05, 0.1) is 5.56 Å². The zero-order valence-electron chi connectivity index (χ0n) is 11.0. The van der Waals surface area contributed by atoms with Crippen molar-refractivity contribution in [3.8, 4) is 0 Å². The second kappa shape index (κ2) is 4.97. The third kappa shape index (κ3) is 2.45. The maximum atomic E-state index is 11.6. The number of amidine groups is 1. The van der Waals surface area contributed by atoms with Crippen LogP contribution >= 0.6 is 0 Å². The van der Waals surface area contributed by atoms with Gasteiger partial charge in [-0.25, -0.2) is 9.35 Å². The number of aliphatic imine (C=N–C) groups is 1. The van der Waals surface area contributed by atoms with E-state index in [0.717, 1.165) is 0 Å². The molecule has 1 unspecified atom stereocenters. The van der Waals surface area contributed by atoms with Crippen molar-refractivity contribution in [1.82, 2.24) is 0 Å². The van der Waals surface area contributed by atoms with Crippen LogP contribution in [0.5, 0.6) is 0 Å². The predicted molar refractivity (Wildman–Crippen MR) is 72.3 cm³/mol. The van der Waals surface area contributed by atoms with Crippen LogP contribution in [0, 0.1) is 6.92 Å². The molecule has 0 radical (unpaired) electrons. The Bertz CT molecular complexity index is 709. The number of benzene rings is 1. The van der Waals surface area contributed by atoms with Crippen molar-refractivity contribution in [3.63, 3.8) is 0 Å². The lowest BCUT2D eigenvalue weighted by molar-refractivity contribution is -0.580. The standard InChI is InChI=1S/C12H14N2O5S/c1-3-4-10-13-9-6-8(12(15)16)5-7(2)11(9)14(10)20(17,18)19/h5-6H,3-4H2,1-2H3,(H,15,16)(H,17,18,19)/p+1. The molecule has 1 heterocycles. The molecule has 0 fully saturated rings. The molecule has 0 saturated carbocycles. The fraction of sp³-hybridized carbons (Fsp3) is 0.333. The Hall–Kier alpha value is -1.77. The summed E-state index contributed by atoms with van der Waals surface area (Å²) in [6.07, 6.45) is 1.06. The highest BCUT2D eigenvalue weighted by Gasteiger charge is 2.40. The van der Waals surface area contributed by atoms with Gasteiger partial charge in [-0.3, -0.25) is 0 Å². The van der Waals surface area contributed by atoms with E-state index in [1.807, 2.05) is 6.92 Å². The van der Waals surface area contributed by atoms with Crippen molar-refractivity contribution in [2.24, 2.45) is 4.99 Å². The summed E-state index contributed by atoms with van der Waals surface area (Å²) >= 11 is 0. The van der Waals surface area contributed by atoms with E-state index in [9.17, 15) is 17.8 Å². The normalized spacial score (nSPS) is 17.8.